The van der Waals surface area contributed by atoms with Crippen LogP contribution in [-0.2, 0) is 11.2 Å². The maximum atomic E-state index is 10.8. The molecule has 2 aromatic rings. The first-order valence-corrected chi connectivity index (χ1v) is 6.62. The van der Waals surface area contributed by atoms with Crippen LogP contribution in [0.2, 0.25) is 4.71 Å². The molecule has 0 fully saturated rings. The summed E-state index contributed by atoms with van der Waals surface area (Å²) in [5.74, 6) is -0.788. The Hall–Kier alpha value is -0.732. The summed E-state index contributed by atoms with van der Waals surface area (Å²) in [6, 6.07) is 5.90. The predicted octanol–water partition coefficient (Wildman–Crippen LogP) is 2.51. The number of aromatic amines is 1. The van der Waals surface area contributed by atoms with Gasteiger partial charge in [0.2, 0.25) is 0 Å². The Balaban J connectivity index is 2.39. The third-order valence-electron chi connectivity index (χ3n) is 2.45. The molecule has 1 atom stereocenters. The molecule has 0 amide bonds. The van der Waals surface area contributed by atoms with E-state index in [1.54, 1.807) is 0 Å². The first kappa shape index (κ1) is 11.7. The van der Waals surface area contributed by atoms with Crippen molar-refractivity contribution in [2.75, 3.05) is 0 Å². The number of para-hydroxylation sites is 1. The number of carboxylic acid groups (broad SMARTS) is 1. The average molecular weight is 342 g/mol. The molecule has 2 radical (unpaired) electrons. The Bertz CT molecular complexity index is 538. The van der Waals surface area contributed by atoms with Crippen LogP contribution in [0.1, 0.15) is 5.56 Å². The molecule has 0 saturated carbocycles. The minimum absolute atomic E-state index is 0.425. The quantitative estimate of drug-likeness (QED) is 0.843. The van der Waals surface area contributed by atoms with E-state index in [9.17, 15) is 4.79 Å². The monoisotopic (exact) mass is 341 g/mol. The van der Waals surface area contributed by atoms with Gasteiger partial charge in [0, 0.05) is 0 Å². The van der Waals surface area contributed by atoms with Crippen LogP contribution in [0.3, 0.4) is 0 Å². The van der Waals surface area contributed by atoms with Gasteiger partial charge in [-0.15, -0.1) is 0 Å². The molecule has 0 aliphatic carbocycles. The van der Waals surface area contributed by atoms with E-state index in [1.807, 2.05) is 24.4 Å². The van der Waals surface area contributed by atoms with Gasteiger partial charge in [-0.25, -0.2) is 0 Å². The number of H-pyrrole nitrogens is 1. The molecule has 82 valence electrons. The van der Waals surface area contributed by atoms with Crippen LogP contribution in [0.4, 0.5) is 0 Å². The zero-order chi connectivity index (χ0) is 11.7. The Morgan fingerprint density at radius 3 is 3.00 bits per heavy atom. The number of halogens is 1. The van der Waals surface area contributed by atoms with Crippen molar-refractivity contribution in [1.29, 1.82) is 0 Å². The zero-order valence-corrected chi connectivity index (χ0v) is 11.7. The standard InChI is InChI=1S/C11H9AsBrNO2/c12-8(11(15)16)4-6-5-14-10-7(6)2-1-3-9(10)13/h1-3,5,8,14H,4H2,(H,15,16). The van der Waals surface area contributed by atoms with E-state index in [1.165, 1.54) is 0 Å². The summed E-state index contributed by atoms with van der Waals surface area (Å²) in [4.78, 5) is 13.9. The number of carboxylic acids is 1. The van der Waals surface area contributed by atoms with Crippen molar-refractivity contribution < 1.29 is 9.90 Å². The van der Waals surface area contributed by atoms with Crippen molar-refractivity contribution >= 4 is 49.7 Å². The van der Waals surface area contributed by atoms with Gasteiger partial charge in [0.25, 0.3) is 0 Å². The Morgan fingerprint density at radius 2 is 2.31 bits per heavy atom. The maximum absolute atomic E-state index is 10.8. The first-order valence-electron chi connectivity index (χ1n) is 4.75. The minimum atomic E-state index is -0.788. The third kappa shape index (κ3) is 2.18. The van der Waals surface area contributed by atoms with E-state index < -0.39 is 10.7 Å². The van der Waals surface area contributed by atoms with Gasteiger partial charge in [-0.05, 0) is 0 Å². The summed E-state index contributed by atoms with van der Waals surface area (Å²) in [5, 5.41) is 9.95. The van der Waals surface area contributed by atoms with Gasteiger partial charge in [0.15, 0.2) is 0 Å². The molecule has 0 bridgehead atoms. The first-order chi connectivity index (χ1) is 7.59. The zero-order valence-electron chi connectivity index (χ0n) is 8.27. The van der Waals surface area contributed by atoms with Gasteiger partial charge >= 0.3 is 110 Å². The van der Waals surface area contributed by atoms with Crippen molar-refractivity contribution in [3.8, 4) is 0 Å². The van der Waals surface area contributed by atoms with E-state index in [2.05, 4.69) is 37.8 Å². The fourth-order valence-electron chi connectivity index (χ4n) is 1.64. The van der Waals surface area contributed by atoms with Gasteiger partial charge in [-0.3, -0.25) is 0 Å². The molecule has 2 rings (SSSR count). The second-order valence-electron chi connectivity index (χ2n) is 3.53. The molecule has 0 aliphatic rings. The Morgan fingerprint density at radius 1 is 1.56 bits per heavy atom. The number of hydrogen-bond acceptors (Lipinski definition) is 1. The van der Waals surface area contributed by atoms with Gasteiger partial charge < -0.3 is 0 Å². The molecule has 1 heterocycles. The predicted molar refractivity (Wildman–Crippen MR) is 66.8 cm³/mol. The molecule has 0 spiro atoms. The topological polar surface area (TPSA) is 53.1 Å². The summed E-state index contributed by atoms with van der Waals surface area (Å²) in [5.41, 5.74) is 2.05. The SMILES string of the molecule is O=C(O)C([As])Cc1c[nH]c2c(Br)cccc12. The van der Waals surface area contributed by atoms with E-state index in [0.29, 0.717) is 6.42 Å². The summed E-state index contributed by atoms with van der Waals surface area (Å²) in [6.07, 6.45) is 2.39. The van der Waals surface area contributed by atoms with Gasteiger partial charge in [-0.1, -0.05) is 0 Å². The van der Waals surface area contributed by atoms with Gasteiger partial charge in [0.05, 0.1) is 0 Å². The van der Waals surface area contributed by atoms with E-state index >= 15 is 0 Å². The summed E-state index contributed by atoms with van der Waals surface area (Å²) < 4.78 is 0.569. The van der Waals surface area contributed by atoms with Crippen LogP contribution in [0.25, 0.3) is 10.9 Å². The van der Waals surface area contributed by atoms with Crippen LogP contribution in [-0.4, -0.2) is 32.9 Å². The van der Waals surface area contributed by atoms with Crippen molar-refractivity contribution in [2.45, 2.75) is 11.1 Å². The van der Waals surface area contributed by atoms with Crippen LogP contribution in [0.15, 0.2) is 28.9 Å². The van der Waals surface area contributed by atoms with Crippen LogP contribution in [0, 0.1) is 0 Å². The van der Waals surface area contributed by atoms with Crippen molar-refractivity contribution in [3.63, 3.8) is 0 Å². The Kier molecular flexibility index (Phi) is 3.41. The molecule has 3 nitrogen and oxygen atoms in total. The summed E-state index contributed by atoms with van der Waals surface area (Å²) >= 11 is 5.65. The van der Waals surface area contributed by atoms with E-state index in [0.717, 1.165) is 20.9 Å². The normalized spacial score (nSPS) is 12.9. The van der Waals surface area contributed by atoms with Crippen molar-refractivity contribution in [1.82, 2.24) is 4.98 Å². The van der Waals surface area contributed by atoms with Crippen LogP contribution in [0.5, 0.6) is 0 Å². The molecule has 1 aromatic carbocycles. The Labute approximate surface area is 110 Å². The number of nitrogens with one attached hydrogen (secondary N) is 1. The number of carbonyl (C=O) groups is 1. The molecule has 16 heavy (non-hydrogen) atoms. The molecule has 0 aliphatic heterocycles. The number of fused-ring (bicyclic) bond motifs is 1. The number of aliphatic carboxylic acids is 1. The second-order valence-corrected chi connectivity index (χ2v) is 5.70. The summed E-state index contributed by atoms with van der Waals surface area (Å²) in [7, 11) is 0. The number of rotatable bonds is 3. The van der Waals surface area contributed by atoms with Crippen molar-refractivity contribution in [3.05, 3.63) is 34.4 Å². The average Bonchev–Trinajstić information content (AvgIpc) is 2.63. The molecule has 1 unspecified atom stereocenters. The van der Waals surface area contributed by atoms with E-state index in [4.69, 9.17) is 5.11 Å². The van der Waals surface area contributed by atoms with E-state index in [-0.39, 0.29) is 0 Å². The molecule has 5 heteroatoms. The molecular weight excluding hydrogens is 333 g/mol. The third-order valence-corrected chi connectivity index (χ3v) is 3.96. The van der Waals surface area contributed by atoms with Crippen LogP contribution < -0.4 is 0 Å². The fraction of sp³-hybridized carbons (Fsp3) is 0.182. The van der Waals surface area contributed by atoms with Gasteiger partial charge in [-0.2, -0.15) is 0 Å². The molecule has 1 aromatic heterocycles. The summed E-state index contributed by atoms with van der Waals surface area (Å²) in [6.45, 7) is 0. The fourth-order valence-corrected chi connectivity index (χ4v) is 2.53. The number of aromatic nitrogens is 1. The van der Waals surface area contributed by atoms with Gasteiger partial charge in [0.1, 0.15) is 0 Å². The van der Waals surface area contributed by atoms with Crippen LogP contribution >= 0.6 is 15.9 Å². The number of hydrogen-bond donors (Lipinski definition) is 2. The molecule has 0 saturated heterocycles. The molecule has 2 N–H and O–H groups in total. The van der Waals surface area contributed by atoms with Crippen molar-refractivity contribution in [2.24, 2.45) is 0 Å². The molecular formula is C11H9AsBrNO2. The number of benzene rings is 1. The second kappa shape index (κ2) is 4.64.